The number of nitrogens with zero attached hydrogens (tertiary/aromatic N) is 2. The summed E-state index contributed by atoms with van der Waals surface area (Å²) in [6.07, 6.45) is 4.01. The molecule has 1 N–H and O–H groups in total. The number of aromatic nitrogens is 2. The molecule has 2 aromatic carbocycles. The van der Waals surface area contributed by atoms with E-state index in [0.29, 0.717) is 20.5 Å². The Bertz CT molecular complexity index is 1160. The van der Waals surface area contributed by atoms with Gasteiger partial charge in [-0.25, -0.2) is 9.37 Å². The number of benzene rings is 2. The third kappa shape index (κ3) is 4.30. The van der Waals surface area contributed by atoms with Crippen molar-refractivity contribution in [3.8, 4) is 0 Å². The second kappa shape index (κ2) is 8.89. The summed E-state index contributed by atoms with van der Waals surface area (Å²) < 4.78 is 16.4. The minimum Gasteiger partial charge on any atom is -0.323 e. The van der Waals surface area contributed by atoms with Gasteiger partial charge < -0.3 is 5.32 Å². The summed E-state index contributed by atoms with van der Waals surface area (Å²) >= 11 is 4.44. The Kier molecular flexibility index (Phi) is 6.24. The Morgan fingerprint density at radius 3 is 2.73 bits per heavy atom. The second-order valence-electron chi connectivity index (χ2n) is 7.40. The van der Waals surface area contributed by atoms with Gasteiger partial charge in [-0.15, -0.1) is 0 Å². The fourth-order valence-electron chi connectivity index (χ4n) is 3.73. The van der Waals surface area contributed by atoms with Gasteiger partial charge in [-0.1, -0.05) is 52.7 Å². The van der Waals surface area contributed by atoms with Crippen LogP contribution in [-0.2, 0) is 4.79 Å². The number of halogens is 2. The molecule has 1 aliphatic carbocycles. The average Bonchev–Trinajstić information content (AvgIpc) is 3.24. The number of carbonyl (C=O) groups excluding carboxylic acids is 1. The number of hydrogen-bond donors (Lipinski definition) is 1. The number of hydrogen-bond acceptors (Lipinski definition) is 4. The van der Waals surface area contributed by atoms with Crippen LogP contribution in [0.4, 0.5) is 10.1 Å². The molecule has 3 aromatic rings. The van der Waals surface area contributed by atoms with E-state index >= 15 is 0 Å². The van der Waals surface area contributed by atoms with Gasteiger partial charge in [-0.3, -0.25) is 14.2 Å². The fourth-order valence-corrected chi connectivity index (χ4v) is 5.04. The normalized spacial score (nSPS) is 15.4. The third-order valence-electron chi connectivity index (χ3n) is 5.31. The summed E-state index contributed by atoms with van der Waals surface area (Å²) in [5, 5.41) is 3.18. The monoisotopic (exact) mass is 489 g/mol. The molecule has 1 fully saturated rings. The summed E-state index contributed by atoms with van der Waals surface area (Å²) in [5.74, 6) is -0.858. The molecule has 0 bridgehead atoms. The highest BCUT2D eigenvalue weighted by molar-refractivity contribution is 9.10. The zero-order chi connectivity index (χ0) is 21.3. The van der Waals surface area contributed by atoms with Gasteiger partial charge in [0.05, 0.1) is 21.8 Å². The van der Waals surface area contributed by atoms with Crippen molar-refractivity contribution >= 4 is 50.2 Å². The molecule has 0 saturated heterocycles. The number of fused-ring (bicyclic) bond motifs is 1. The summed E-state index contributed by atoms with van der Waals surface area (Å²) in [5.41, 5.74) is 0.669. The van der Waals surface area contributed by atoms with E-state index < -0.39 is 11.1 Å². The van der Waals surface area contributed by atoms with E-state index in [2.05, 4.69) is 21.2 Å². The molecule has 8 heteroatoms. The van der Waals surface area contributed by atoms with Crippen LogP contribution in [0.3, 0.4) is 0 Å². The van der Waals surface area contributed by atoms with E-state index in [1.54, 1.807) is 23.6 Å². The Balaban J connectivity index is 1.64. The lowest BCUT2D eigenvalue weighted by molar-refractivity contribution is -0.115. The molecule has 5 nitrogen and oxygen atoms in total. The highest BCUT2D eigenvalue weighted by Crippen LogP contribution is 2.33. The van der Waals surface area contributed by atoms with E-state index in [9.17, 15) is 14.0 Å². The van der Waals surface area contributed by atoms with Crippen molar-refractivity contribution in [2.75, 3.05) is 5.32 Å². The van der Waals surface area contributed by atoms with Crippen molar-refractivity contribution in [2.45, 2.75) is 49.1 Å². The van der Waals surface area contributed by atoms with Crippen LogP contribution in [0, 0.1) is 5.82 Å². The predicted molar refractivity (Wildman–Crippen MR) is 122 cm³/mol. The lowest BCUT2D eigenvalue weighted by atomic mass is 10.2. The van der Waals surface area contributed by atoms with Crippen LogP contribution in [0.5, 0.6) is 0 Å². The minimum absolute atomic E-state index is 0.0680. The number of nitrogens with one attached hydrogen (secondary N) is 1. The van der Waals surface area contributed by atoms with Crippen LogP contribution in [0.25, 0.3) is 10.9 Å². The lowest BCUT2D eigenvalue weighted by Crippen LogP contribution is -2.29. The maximum atomic E-state index is 14.1. The predicted octanol–water partition coefficient (Wildman–Crippen LogP) is 5.53. The summed E-state index contributed by atoms with van der Waals surface area (Å²) in [6.45, 7) is 1.73. The van der Waals surface area contributed by atoms with Gasteiger partial charge in [0.25, 0.3) is 5.56 Å². The van der Waals surface area contributed by atoms with E-state index in [4.69, 9.17) is 4.98 Å². The largest absolute Gasteiger partial charge is 0.323 e. The smallest absolute Gasteiger partial charge is 0.262 e. The molecule has 1 heterocycles. The molecular weight excluding hydrogens is 469 g/mol. The highest BCUT2D eigenvalue weighted by atomic mass is 79.9. The van der Waals surface area contributed by atoms with Crippen LogP contribution in [-0.4, -0.2) is 20.7 Å². The van der Waals surface area contributed by atoms with Crippen LogP contribution >= 0.6 is 27.7 Å². The first-order chi connectivity index (χ1) is 14.4. The molecule has 30 heavy (non-hydrogen) atoms. The van der Waals surface area contributed by atoms with Gasteiger partial charge in [-0.2, -0.15) is 0 Å². The van der Waals surface area contributed by atoms with Gasteiger partial charge in [0.2, 0.25) is 5.91 Å². The summed E-state index contributed by atoms with van der Waals surface area (Å²) in [6, 6.07) is 11.8. The molecule has 1 saturated carbocycles. The standard InChI is InChI=1S/C22H21BrFN3O2S/c1-13(20(28)25-19-11-10-14(23)12-17(19)24)30-22-26-18-9-5-4-8-16(18)21(29)27(22)15-6-2-3-7-15/h4-5,8-13,15H,2-3,6-7H2,1H3,(H,25,28). The van der Waals surface area contributed by atoms with Gasteiger partial charge >= 0.3 is 0 Å². The highest BCUT2D eigenvalue weighted by Gasteiger charge is 2.26. The minimum atomic E-state index is -0.561. The molecular formula is C22H21BrFN3O2S. The van der Waals surface area contributed by atoms with E-state index in [0.717, 1.165) is 25.7 Å². The molecule has 1 aromatic heterocycles. The molecule has 0 radical (unpaired) electrons. The van der Waals surface area contributed by atoms with Crippen LogP contribution in [0.15, 0.2) is 56.9 Å². The summed E-state index contributed by atoms with van der Waals surface area (Å²) in [4.78, 5) is 30.6. The second-order valence-corrected chi connectivity index (χ2v) is 9.62. The zero-order valence-corrected chi connectivity index (χ0v) is 18.8. The van der Waals surface area contributed by atoms with E-state index in [1.807, 2.05) is 18.2 Å². The quantitative estimate of drug-likeness (QED) is 0.377. The molecule has 4 rings (SSSR count). The Morgan fingerprint density at radius 2 is 2.00 bits per heavy atom. The number of thioether (sulfide) groups is 1. The first-order valence-corrected chi connectivity index (χ1v) is 11.5. The van der Waals surface area contributed by atoms with E-state index in [-0.39, 0.29) is 23.2 Å². The Morgan fingerprint density at radius 1 is 1.27 bits per heavy atom. The molecule has 156 valence electrons. The van der Waals surface area contributed by atoms with Crippen molar-refractivity contribution in [3.05, 3.63) is 63.1 Å². The average molecular weight is 490 g/mol. The van der Waals surface area contributed by atoms with Crippen molar-refractivity contribution in [2.24, 2.45) is 0 Å². The SMILES string of the molecule is CC(Sc1nc2ccccc2c(=O)n1C1CCCC1)C(=O)Nc1ccc(Br)cc1F. The van der Waals surface area contributed by atoms with E-state index in [1.165, 1.54) is 23.9 Å². The number of rotatable bonds is 5. The molecule has 0 aliphatic heterocycles. The Hall–Kier alpha value is -2.19. The number of para-hydroxylation sites is 1. The van der Waals surface area contributed by atoms with Crippen LogP contribution < -0.4 is 10.9 Å². The van der Waals surface area contributed by atoms with Crippen LogP contribution in [0.1, 0.15) is 38.6 Å². The van der Waals surface area contributed by atoms with Crippen molar-refractivity contribution in [1.82, 2.24) is 9.55 Å². The molecule has 1 aliphatic rings. The first-order valence-electron chi connectivity index (χ1n) is 9.88. The van der Waals surface area contributed by atoms with Gasteiger partial charge in [0, 0.05) is 10.5 Å². The van der Waals surface area contributed by atoms with Crippen molar-refractivity contribution in [1.29, 1.82) is 0 Å². The summed E-state index contributed by atoms with van der Waals surface area (Å²) in [7, 11) is 0. The molecule has 1 unspecified atom stereocenters. The van der Waals surface area contributed by atoms with Gasteiger partial charge in [-0.05, 0) is 50.1 Å². The topological polar surface area (TPSA) is 64.0 Å². The van der Waals surface area contributed by atoms with Gasteiger partial charge in [0.15, 0.2) is 5.16 Å². The number of amides is 1. The maximum Gasteiger partial charge on any atom is 0.262 e. The molecule has 1 amide bonds. The van der Waals surface area contributed by atoms with Gasteiger partial charge in [0.1, 0.15) is 5.82 Å². The first kappa shape index (κ1) is 21.1. The van der Waals surface area contributed by atoms with Crippen LogP contribution in [0.2, 0.25) is 0 Å². The Labute approximate surface area is 186 Å². The van der Waals surface area contributed by atoms with Crippen molar-refractivity contribution < 1.29 is 9.18 Å². The number of anilines is 1. The molecule has 0 spiro atoms. The third-order valence-corrected chi connectivity index (χ3v) is 6.87. The lowest BCUT2D eigenvalue weighted by Gasteiger charge is -2.20. The van der Waals surface area contributed by atoms with Crippen molar-refractivity contribution in [3.63, 3.8) is 0 Å². The maximum absolute atomic E-state index is 14.1. The number of carbonyl (C=O) groups is 1. The molecule has 1 atom stereocenters. The zero-order valence-electron chi connectivity index (χ0n) is 16.4. The fraction of sp³-hybridized carbons (Fsp3) is 0.318.